The number of fused-ring (bicyclic) bond motifs is 1. The molecule has 0 radical (unpaired) electrons. The molecule has 4 unspecified atom stereocenters. The van der Waals surface area contributed by atoms with Crippen LogP contribution < -0.4 is 10.6 Å². The quantitative estimate of drug-likeness (QED) is 0.235. The number of hydrogen-bond donors (Lipinski definition) is 4. The van der Waals surface area contributed by atoms with Crippen LogP contribution in [0.3, 0.4) is 0 Å². The first-order chi connectivity index (χ1) is 18.4. The zero-order valence-corrected chi connectivity index (χ0v) is 25.7. The fourth-order valence-electron chi connectivity index (χ4n) is 4.74. The number of nitrogens with one attached hydrogen (secondary N) is 2. The molecule has 220 valence electrons. The van der Waals surface area contributed by atoms with E-state index in [9.17, 15) is 23.4 Å². The van der Waals surface area contributed by atoms with E-state index in [0.29, 0.717) is 28.5 Å². The molecule has 1 fully saturated rings. The summed E-state index contributed by atoms with van der Waals surface area (Å²) in [6, 6.07) is 7.15. The maximum atomic E-state index is 13.0. The van der Waals surface area contributed by atoms with Gasteiger partial charge in [0.05, 0.1) is 39.2 Å². The standard InChI is InChI=1S/C27H38F3N5O3SSi/c1-15-20(23-34-17-10-8-9-11-19(17)39-23)22(35-24(32-15)31-14-27(28,29)30)33-18-12-16(13-36)26(5,37)21(18)38-40(6,7)25(2,3)4/h8-11,16,18,21,36-37H,12-14H2,1-7H3,(H2,31,32,33,35). The third-order valence-electron chi connectivity index (χ3n) is 8.12. The Kier molecular flexibility index (Phi) is 8.29. The summed E-state index contributed by atoms with van der Waals surface area (Å²) in [5, 5.41) is 27.9. The van der Waals surface area contributed by atoms with E-state index in [1.807, 2.05) is 24.3 Å². The summed E-state index contributed by atoms with van der Waals surface area (Å²) in [7, 11) is -2.38. The largest absolute Gasteiger partial charge is 0.409 e. The predicted octanol–water partition coefficient (Wildman–Crippen LogP) is 5.97. The van der Waals surface area contributed by atoms with Crippen molar-refractivity contribution in [3.63, 3.8) is 0 Å². The van der Waals surface area contributed by atoms with Crippen molar-refractivity contribution in [1.82, 2.24) is 15.0 Å². The molecule has 40 heavy (non-hydrogen) atoms. The Labute approximate surface area is 237 Å². The highest BCUT2D eigenvalue weighted by Gasteiger charge is 2.55. The molecule has 0 spiro atoms. The zero-order valence-electron chi connectivity index (χ0n) is 23.8. The van der Waals surface area contributed by atoms with Crippen LogP contribution in [0.1, 0.15) is 39.8 Å². The molecule has 4 N–H and O–H groups in total. The number of nitrogens with zero attached hydrogens (tertiary/aromatic N) is 3. The van der Waals surface area contributed by atoms with Crippen molar-refractivity contribution in [1.29, 1.82) is 0 Å². The van der Waals surface area contributed by atoms with Gasteiger partial charge < -0.3 is 25.3 Å². The zero-order chi connectivity index (χ0) is 29.7. The molecule has 0 amide bonds. The van der Waals surface area contributed by atoms with E-state index in [4.69, 9.17) is 9.41 Å². The van der Waals surface area contributed by atoms with Gasteiger partial charge in [-0.1, -0.05) is 32.9 Å². The third kappa shape index (κ3) is 6.28. The van der Waals surface area contributed by atoms with E-state index in [2.05, 4.69) is 54.5 Å². The van der Waals surface area contributed by atoms with Crippen LogP contribution >= 0.6 is 11.3 Å². The van der Waals surface area contributed by atoms with Gasteiger partial charge in [0.15, 0.2) is 8.32 Å². The lowest BCUT2D eigenvalue weighted by molar-refractivity contribution is -0.115. The number of hydrogen-bond acceptors (Lipinski definition) is 9. The molecule has 1 aliphatic carbocycles. The van der Waals surface area contributed by atoms with Crippen molar-refractivity contribution < 1.29 is 27.8 Å². The van der Waals surface area contributed by atoms with Gasteiger partial charge in [0.1, 0.15) is 17.4 Å². The number of para-hydroxylation sites is 1. The Morgan fingerprint density at radius 2 is 1.82 bits per heavy atom. The molecule has 3 aromatic rings. The van der Waals surface area contributed by atoms with Gasteiger partial charge in [-0.2, -0.15) is 18.2 Å². The molecule has 13 heteroatoms. The van der Waals surface area contributed by atoms with Gasteiger partial charge in [-0.05, 0) is 50.5 Å². The van der Waals surface area contributed by atoms with Gasteiger partial charge in [-0.25, -0.2) is 9.97 Å². The molecule has 0 bridgehead atoms. The lowest BCUT2D eigenvalue weighted by Gasteiger charge is -2.43. The Bertz CT molecular complexity index is 1330. The van der Waals surface area contributed by atoms with E-state index in [1.54, 1.807) is 13.8 Å². The van der Waals surface area contributed by atoms with Crippen LogP contribution in [0.5, 0.6) is 0 Å². The van der Waals surface area contributed by atoms with Crippen LogP contribution in [0.4, 0.5) is 24.9 Å². The predicted molar refractivity (Wildman–Crippen MR) is 155 cm³/mol. The second-order valence-electron chi connectivity index (χ2n) is 12.2. The molecule has 0 aliphatic heterocycles. The van der Waals surface area contributed by atoms with Gasteiger partial charge in [0.2, 0.25) is 5.95 Å². The first-order valence-electron chi connectivity index (χ1n) is 13.3. The summed E-state index contributed by atoms with van der Waals surface area (Å²) in [5.41, 5.74) is 0.455. The van der Waals surface area contributed by atoms with E-state index in [-0.39, 0.29) is 17.6 Å². The SMILES string of the molecule is Cc1nc(NCC(F)(F)F)nc(NC2CC(CO)C(C)(O)C2O[Si](C)(C)C(C)(C)C)c1-c1nc2ccccc2s1. The van der Waals surface area contributed by atoms with Crippen molar-refractivity contribution >= 4 is 41.6 Å². The summed E-state index contributed by atoms with van der Waals surface area (Å²) in [4.78, 5) is 13.5. The molecule has 1 aromatic carbocycles. The summed E-state index contributed by atoms with van der Waals surface area (Å²) in [5.74, 6) is -0.358. The second kappa shape index (κ2) is 10.8. The molecule has 4 rings (SSSR count). The summed E-state index contributed by atoms with van der Waals surface area (Å²) < 4.78 is 46.7. The second-order valence-corrected chi connectivity index (χ2v) is 18.0. The van der Waals surface area contributed by atoms with Crippen molar-refractivity contribution in [3.05, 3.63) is 30.0 Å². The summed E-state index contributed by atoms with van der Waals surface area (Å²) >= 11 is 1.43. The van der Waals surface area contributed by atoms with Crippen LogP contribution in [0.25, 0.3) is 20.8 Å². The molecule has 2 heterocycles. The summed E-state index contributed by atoms with van der Waals surface area (Å²) in [6.07, 6.45) is -4.77. The topological polar surface area (TPSA) is 112 Å². The number of anilines is 2. The number of halogens is 3. The van der Waals surface area contributed by atoms with Crippen LogP contribution in [0.15, 0.2) is 24.3 Å². The first-order valence-corrected chi connectivity index (χ1v) is 17.0. The number of benzene rings is 1. The fourth-order valence-corrected chi connectivity index (χ4v) is 7.20. The van der Waals surface area contributed by atoms with Crippen molar-refractivity contribution in [3.8, 4) is 10.6 Å². The molecule has 1 saturated carbocycles. The minimum absolute atomic E-state index is 0.142. The molecule has 2 aromatic heterocycles. The van der Waals surface area contributed by atoms with Crippen molar-refractivity contribution in [2.24, 2.45) is 5.92 Å². The molecule has 0 saturated heterocycles. The van der Waals surface area contributed by atoms with Crippen LogP contribution in [0, 0.1) is 12.8 Å². The van der Waals surface area contributed by atoms with Crippen LogP contribution in [0.2, 0.25) is 18.1 Å². The molecule has 1 aliphatic rings. The Morgan fingerprint density at radius 1 is 1.15 bits per heavy atom. The monoisotopic (exact) mass is 597 g/mol. The van der Waals surface area contributed by atoms with E-state index < -0.39 is 44.7 Å². The average Bonchev–Trinajstić information content (AvgIpc) is 3.35. The van der Waals surface area contributed by atoms with E-state index >= 15 is 0 Å². The Balaban J connectivity index is 1.79. The average molecular weight is 598 g/mol. The lowest BCUT2D eigenvalue weighted by Crippen LogP contribution is -2.55. The number of aliphatic hydroxyl groups is 2. The fraction of sp³-hybridized carbons (Fsp3) is 0.593. The Morgan fingerprint density at radius 3 is 2.42 bits per heavy atom. The van der Waals surface area contributed by atoms with Gasteiger partial charge in [-0.3, -0.25) is 0 Å². The summed E-state index contributed by atoms with van der Waals surface area (Å²) in [6.45, 7) is 12.3. The maximum Gasteiger partial charge on any atom is 0.405 e. The van der Waals surface area contributed by atoms with E-state index in [0.717, 1.165) is 10.2 Å². The number of alkyl halides is 3. The molecule has 8 nitrogen and oxygen atoms in total. The van der Waals surface area contributed by atoms with Gasteiger partial charge in [0.25, 0.3) is 0 Å². The van der Waals surface area contributed by atoms with Gasteiger partial charge in [-0.15, -0.1) is 11.3 Å². The number of aliphatic hydroxyl groups excluding tert-OH is 1. The van der Waals surface area contributed by atoms with Crippen molar-refractivity contribution in [2.45, 2.75) is 83.1 Å². The normalized spacial score (nSPS) is 24.1. The smallest absolute Gasteiger partial charge is 0.405 e. The molecular formula is C27H38F3N5O3SSi. The number of rotatable bonds is 8. The highest BCUT2D eigenvalue weighted by Crippen LogP contribution is 2.46. The lowest BCUT2D eigenvalue weighted by atomic mass is 9.92. The van der Waals surface area contributed by atoms with Crippen molar-refractivity contribution in [2.75, 3.05) is 23.8 Å². The number of aromatic nitrogens is 3. The van der Waals surface area contributed by atoms with Gasteiger partial charge in [0, 0.05) is 12.5 Å². The first kappa shape index (κ1) is 30.6. The van der Waals surface area contributed by atoms with Gasteiger partial charge >= 0.3 is 6.18 Å². The minimum atomic E-state index is -4.45. The van der Waals surface area contributed by atoms with E-state index in [1.165, 1.54) is 11.3 Å². The molecular weight excluding hydrogens is 559 g/mol. The highest BCUT2D eigenvalue weighted by molar-refractivity contribution is 7.21. The third-order valence-corrected chi connectivity index (χ3v) is 13.6. The number of aryl methyl sites for hydroxylation is 1. The van der Waals surface area contributed by atoms with Crippen LogP contribution in [-0.2, 0) is 4.43 Å². The Hall–Kier alpha value is -2.32. The molecule has 4 atom stereocenters. The van der Waals surface area contributed by atoms with Crippen LogP contribution in [-0.4, -0.2) is 70.6 Å². The minimum Gasteiger partial charge on any atom is -0.409 e. The highest BCUT2D eigenvalue weighted by atomic mass is 32.1. The number of thiazole rings is 1. The maximum absolute atomic E-state index is 13.0.